The van der Waals surface area contributed by atoms with Gasteiger partial charge in [0.2, 0.25) is 0 Å². The van der Waals surface area contributed by atoms with Crippen molar-refractivity contribution in [3.05, 3.63) is 35.4 Å². The standard InChI is InChI=1S/C13H19NO/c1-5-13(3,4)14-12(15)11-8-6-10(2)7-9-11/h6-9H,5H2,1-4H3,(H,14,15). The molecule has 0 radical (unpaired) electrons. The summed E-state index contributed by atoms with van der Waals surface area (Å²) in [5, 5.41) is 3.00. The molecule has 0 aliphatic carbocycles. The minimum atomic E-state index is -0.137. The zero-order valence-corrected chi connectivity index (χ0v) is 9.92. The molecule has 0 saturated heterocycles. The Morgan fingerprint density at radius 2 is 1.80 bits per heavy atom. The van der Waals surface area contributed by atoms with Gasteiger partial charge in [-0.15, -0.1) is 0 Å². The highest BCUT2D eigenvalue weighted by Gasteiger charge is 2.18. The van der Waals surface area contributed by atoms with Gasteiger partial charge in [0.05, 0.1) is 0 Å². The molecule has 15 heavy (non-hydrogen) atoms. The molecule has 0 saturated carbocycles. The first-order chi connectivity index (χ1) is 6.94. The van der Waals surface area contributed by atoms with E-state index in [0.29, 0.717) is 0 Å². The van der Waals surface area contributed by atoms with Gasteiger partial charge in [-0.2, -0.15) is 0 Å². The Kier molecular flexibility index (Phi) is 3.51. The summed E-state index contributed by atoms with van der Waals surface area (Å²) in [6, 6.07) is 7.62. The molecule has 1 amide bonds. The summed E-state index contributed by atoms with van der Waals surface area (Å²) in [5.41, 5.74) is 1.76. The summed E-state index contributed by atoms with van der Waals surface area (Å²) in [5.74, 6) is 0.00171. The molecule has 0 spiro atoms. The Balaban J connectivity index is 2.74. The number of carbonyl (C=O) groups is 1. The molecule has 0 unspecified atom stereocenters. The van der Waals surface area contributed by atoms with Crippen molar-refractivity contribution >= 4 is 5.91 Å². The predicted molar refractivity (Wildman–Crippen MR) is 63.0 cm³/mol. The minimum absolute atomic E-state index is 0.00171. The van der Waals surface area contributed by atoms with Crippen molar-refractivity contribution in [2.24, 2.45) is 0 Å². The average Bonchev–Trinajstić information content (AvgIpc) is 2.18. The fourth-order valence-corrected chi connectivity index (χ4v) is 1.17. The van der Waals surface area contributed by atoms with Crippen LogP contribution in [0.4, 0.5) is 0 Å². The molecule has 1 rings (SSSR count). The number of benzene rings is 1. The maximum atomic E-state index is 11.8. The number of carbonyl (C=O) groups excluding carboxylic acids is 1. The summed E-state index contributed by atoms with van der Waals surface area (Å²) in [7, 11) is 0. The smallest absolute Gasteiger partial charge is 0.251 e. The minimum Gasteiger partial charge on any atom is -0.347 e. The summed E-state index contributed by atoms with van der Waals surface area (Å²) >= 11 is 0. The Morgan fingerprint density at radius 1 is 1.27 bits per heavy atom. The molecule has 1 N–H and O–H groups in total. The van der Waals surface area contributed by atoms with E-state index in [0.717, 1.165) is 12.0 Å². The summed E-state index contributed by atoms with van der Waals surface area (Å²) in [6.45, 7) is 8.13. The van der Waals surface area contributed by atoms with Gasteiger partial charge >= 0.3 is 0 Å². The van der Waals surface area contributed by atoms with E-state index in [2.05, 4.69) is 12.2 Å². The molecule has 0 aliphatic rings. The number of aryl methyl sites for hydroxylation is 1. The van der Waals surface area contributed by atoms with E-state index in [4.69, 9.17) is 0 Å². The van der Waals surface area contributed by atoms with Gasteiger partial charge in [0.25, 0.3) is 5.91 Å². The lowest BCUT2D eigenvalue weighted by molar-refractivity contribution is 0.0911. The van der Waals surface area contributed by atoms with Gasteiger partial charge < -0.3 is 5.32 Å². The van der Waals surface area contributed by atoms with Crippen LogP contribution in [0.25, 0.3) is 0 Å². The van der Waals surface area contributed by atoms with E-state index in [-0.39, 0.29) is 11.4 Å². The largest absolute Gasteiger partial charge is 0.347 e. The van der Waals surface area contributed by atoms with Gasteiger partial charge in [-0.3, -0.25) is 4.79 Å². The lowest BCUT2D eigenvalue weighted by Crippen LogP contribution is -2.42. The third-order valence-corrected chi connectivity index (χ3v) is 2.65. The molecule has 1 aromatic carbocycles. The monoisotopic (exact) mass is 205 g/mol. The first kappa shape index (κ1) is 11.8. The third-order valence-electron chi connectivity index (χ3n) is 2.65. The van der Waals surface area contributed by atoms with E-state index in [1.54, 1.807) is 0 Å². The van der Waals surface area contributed by atoms with Crippen molar-refractivity contribution in [3.63, 3.8) is 0 Å². The van der Waals surface area contributed by atoms with E-state index in [9.17, 15) is 4.79 Å². The number of hydrogen-bond acceptors (Lipinski definition) is 1. The topological polar surface area (TPSA) is 29.1 Å². The highest BCUT2D eigenvalue weighted by Crippen LogP contribution is 2.09. The zero-order valence-electron chi connectivity index (χ0n) is 9.92. The van der Waals surface area contributed by atoms with Crippen LogP contribution in [0, 0.1) is 6.92 Å². The predicted octanol–water partition coefficient (Wildman–Crippen LogP) is 2.91. The van der Waals surface area contributed by atoms with Gasteiger partial charge in [-0.1, -0.05) is 24.6 Å². The van der Waals surface area contributed by atoms with Gasteiger partial charge in [0.15, 0.2) is 0 Å². The third kappa shape index (κ3) is 3.39. The van der Waals surface area contributed by atoms with Crippen molar-refractivity contribution in [1.29, 1.82) is 0 Å². The molecule has 82 valence electrons. The highest BCUT2D eigenvalue weighted by atomic mass is 16.1. The van der Waals surface area contributed by atoms with E-state index < -0.39 is 0 Å². The van der Waals surface area contributed by atoms with Crippen LogP contribution in [0.2, 0.25) is 0 Å². The van der Waals surface area contributed by atoms with Crippen LogP contribution in [-0.2, 0) is 0 Å². The summed E-state index contributed by atoms with van der Waals surface area (Å²) in [4.78, 5) is 11.8. The van der Waals surface area contributed by atoms with Crippen LogP contribution in [0.5, 0.6) is 0 Å². The maximum Gasteiger partial charge on any atom is 0.251 e. The van der Waals surface area contributed by atoms with Crippen LogP contribution in [0.1, 0.15) is 43.1 Å². The summed E-state index contributed by atoms with van der Waals surface area (Å²) < 4.78 is 0. The molecule has 2 nitrogen and oxygen atoms in total. The Labute approximate surface area is 91.7 Å². The van der Waals surface area contributed by atoms with Crippen LogP contribution in [0.15, 0.2) is 24.3 Å². The fraction of sp³-hybridized carbons (Fsp3) is 0.462. The highest BCUT2D eigenvalue weighted by molar-refractivity contribution is 5.94. The number of nitrogens with one attached hydrogen (secondary N) is 1. The molecule has 0 aliphatic heterocycles. The second-order valence-electron chi connectivity index (χ2n) is 4.56. The van der Waals surface area contributed by atoms with Crippen LogP contribution in [0.3, 0.4) is 0 Å². The maximum absolute atomic E-state index is 11.8. The molecular weight excluding hydrogens is 186 g/mol. The van der Waals surface area contributed by atoms with Crippen LogP contribution >= 0.6 is 0 Å². The van der Waals surface area contributed by atoms with Gasteiger partial charge in [-0.25, -0.2) is 0 Å². The molecule has 0 atom stereocenters. The zero-order chi connectivity index (χ0) is 11.5. The molecule has 0 heterocycles. The molecule has 0 bridgehead atoms. The molecule has 2 heteroatoms. The van der Waals surface area contributed by atoms with Crippen molar-refractivity contribution < 1.29 is 4.79 Å². The van der Waals surface area contributed by atoms with E-state index >= 15 is 0 Å². The Bertz CT molecular complexity index is 338. The summed E-state index contributed by atoms with van der Waals surface area (Å²) in [6.07, 6.45) is 0.921. The second-order valence-corrected chi connectivity index (χ2v) is 4.56. The lowest BCUT2D eigenvalue weighted by Gasteiger charge is -2.24. The van der Waals surface area contributed by atoms with Crippen molar-refractivity contribution in [2.45, 2.75) is 39.7 Å². The first-order valence-corrected chi connectivity index (χ1v) is 5.34. The normalized spacial score (nSPS) is 11.2. The quantitative estimate of drug-likeness (QED) is 0.807. The van der Waals surface area contributed by atoms with Crippen LogP contribution in [-0.4, -0.2) is 11.4 Å². The Morgan fingerprint density at radius 3 is 2.27 bits per heavy atom. The van der Waals surface area contributed by atoms with Gasteiger partial charge in [-0.05, 0) is 39.3 Å². The molecule has 0 fully saturated rings. The lowest BCUT2D eigenvalue weighted by atomic mass is 10.0. The van der Waals surface area contributed by atoms with Crippen molar-refractivity contribution in [3.8, 4) is 0 Å². The van der Waals surface area contributed by atoms with E-state index in [1.807, 2.05) is 45.0 Å². The molecular formula is C13H19NO. The van der Waals surface area contributed by atoms with Crippen LogP contribution < -0.4 is 5.32 Å². The fourth-order valence-electron chi connectivity index (χ4n) is 1.17. The number of hydrogen-bond donors (Lipinski definition) is 1. The number of rotatable bonds is 3. The average molecular weight is 205 g/mol. The van der Waals surface area contributed by atoms with Gasteiger partial charge in [0.1, 0.15) is 0 Å². The second kappa shape index (κ2) is 4.47. The van der Waals surface area contributed by atoms with Gasteiger partial charge in [0, 0.05) is 11.1 Å². The Hall–Kier alpha value is -1.31. The van der Waals surface area contributed by atoms with Crippen molar-refractivity contribution in [2.75, 3.05) is 0 Å². The molecule has 1 aromatic rings. The van der Waals surface area contributed by atoms with E-state index in [1.165, 1.54) is 5.56 Å². The number of amides is 1. The first-order valence-electron chi connectivity index (χ1n) is 5.34. The van der Waals surface area contributed by atoms with Crippen molar-refractivity contribution in [1.82, 2.24) is 5.32 Å². The SMILES string of the molecule is CCC(C)(C)NC(=O)c1ccc(C)cc1. The molecule has 0 aromatic heterocycles.